The molecule has 4 aromatic rings. The van der Waals surface area contributed by atoms with Crippen LogP contribution in [-0.2, 0) is 4.79 Å². The fourth-order valence-corrected chi connectivity index (χ4v) is 3.37. The highest BCUT2D eigenvalue weighted by molar-refractivity contribution is 6.34. The van der Waals surface area contributed by atoms with Gasteiger partial charge in [-0.3, -0.25) is 9.59 Å². The van der Waals surface area contributed by atoms with E-state index in [2.05, 4.69) is 15.3 Å². The number of hydrogen-bond acceptors (Lipinski definition) is 4. The van der Waals surface area contributed by atoms with Crippen LogP contribution in [0.15, 0.2) is 77.7 Å². The number of nitrogens with zero attached hydrogens (tertiary/aromatic N) is 3. The van der Waals surface area contributed by atoms with Gasteiger partial charge in [-0.1, -0.05) is 36.4 Å². The van der Waals surface area contributed by atoms with Gasteiger partial charge in [0.05, 0.1) is 16.5 Å². The third kappa shape index (κ3) is 2.51. The van der Waals surface area contributed by atoms with Gasteiger partial charge in [0.2, 0.25) is 0 Å². The summed E-state index contributed by atoms with van der Waals surface area (Å²) in [5.41, 5.74) is 2.32. The van der Waals surface area contributed by atoms with E-state index in [1.54, 1.807) is 48.7 Å². The van der Waals surface area contributed by atoms with Crippen LogP contribution in [0.1, 0.15) is 11.4 Å². The van der Waals surface area contributed by atoms with Crippen molar-refractivity contribution in [3.63, 3.8) is 0 Å². The van der Waals surface area contributed by atoms with Crippen molar-refractivity contribution in [1.82, 2.24) is 14.5 Å². The van der Waals surface area contributed by atoms with E-state index in [0.29, 0.717) is 28.1 Å². The van der Waals surface area contributed by atoms with Gasteiger partial charge in [0.1, 0.15) is 11.6 Å². The molecule has 134 valence electrons. The molecular formula is C22H14N4O2. The summed E-state index contributed by atoms with van der Waals surface area (Å²) in [7, 11) is 0. The Labute approximate surface area is 159 Å². The van der Waals surface area contributed by atoms with E-state index in [9.17, 15) is 9.59 Å². The van der Waals surface area contributed by atoms with Gasteiger partial charge in [-0.15, -0.1) is 0 Å². The molecule has 2 aromatic heterocycles. The zero-order valence-electron chi connectivity index (χ0n) is 14.7. The second-order valence-electron chi connectivity index (χ2n) is 6.37. The lowest BCUT2D eigenvalue weighted by atomic mass is 10.1. The zero-order chi connectivity index (χ0) is 19.1. The van der Waals surface area contributed by atoms with Crippen LogP contribution in [-0.4, -0.2) is 20.4 Å². The van der Waals surface area contributed by atoms with Gasteiger partial charge in [0, 0.05) is 17.4 Å². The fourth-order valence-electron chi connectivity index (χ4n) is 3.37. The topological polar surface area (TPSA) is 76.9 Å². The molecule has 5 rings (SSSR count). The number of carbonyl (C=O) groups is 1. The Morgan fingerprint density at radius 2 is 1.68 bits per heavy atom. The Morgan fingerprint density at radius 3 is 2.54 bits per heavy atom. The minimum Gasteiger partial charge on any atom is -0.321 e. The highest BCUT2D eigenvalue weighted by Gasteiger charge is 2.24. The van der Waals surface area contributed by atoms with Crippen molar-refractivity contribution in [2.75, 3.05) is 5.32 Å². The summed E-state index contributed by atoms with van der Waals surface area (Å²) in [6.07, 6.45) is 3.26. The summed E-state index contributed by atoms with van der Waals surface area (Å²) in [6, 6.07) is 19.9. The monoisotopic (exact) mass is 366 g/mol. The van der Waals surface area contributed by atoms with Crippen LogP contribution in [0.2, 0.25) is 0 Å². The summed E-state index contributed by atoms with van der Waals surface area (Å²) in [4.78, 5) is 34.7. The third-order valence-corrected chi connectivity index (χ3v) is 4.66. The standard InChI is InChI=1S/C22H14N4O2/c27-21-16(14-7-1-3-9-17(14)25-21)13-20-24-18-10-4-2-8-15(18)22(28)26(20)19-11-5-6-12-23-19/h1-13H,(H,25,27). The second kappa shape index (κ2) is 6.28. The van der Waals surface area contributed by atoms with Crippen LogP contribution in [0, 0.1) is 0 Å². The summed E-state index contributed by atoms with van der Waals surface area (Å²) in [6.45, 7) is 0. The molecule has 0 spiro atoms. The van der Waals surface area contributed by atoms with Crippen LogP contribution in [0.4, 0.5) is 5.69 Å². The van der Waals surface area contributed by atoms with E-state index >= 15 is 0 Å². The Balaban J connectivity index is 1.83. The molecule has 1 aliphatic heterocycles. The number of hydrogen-bond donors (Lipinski definition) is 1. The van der Waals surface area contributed by atoms with E-state index in [4.69, 9.17) is 0 Å². The van der Waals surface area contributed by atoms with Crippen molar-refractivity contribution >= 4 is 34.1 Å². The number of amides is 1. The smallest absolute Gasteiger partial charge is 0.267 e. The van der Waals surface area contributed by atoms with Crippen LogP contribution in [0.3, 0.4) is 0 Å². The lowest BCUT2D eigenvalue weighted by Crippen LogP contribution is -2.23. The first-order chi connectivity index (χ1) is 13.7. The molecule has 1 amide bonds. The van der Waals surface area contributed by atoms with Crippen molar-refractivity contribution in [2.24, 2.45) is 0 Å². The number of fused-ring (bicyclic) bond motifs is 2. The zero-order valence-corrected chi connectivity index (χ0v) is 14.7. The molecule has 6 heteroatoms. The lowest BCUT2D eigenvalue weighted by Gasteiger charge is -2.11. The molecule has 0 radical (unpaired) electrons. The maximum absolute atomic E-state index is 13.2. The highest BCUT2D eigenvalue weighted by Crippen LogP contribution is 2.32. The quantitative estimate of drug-likeness (QED) is 0.553. The molecule has 3 heterocycles. The van der Waals surface area contributed by atoms with Gasteiger partial charge in [0.25, 0.3) is 11.5 Å². The third-order valence-electron chi connectivity index (χ3n) is 4.66. The maximum Gasteiger partial charge on any atom is 0.267 e. The highest BCUT2D eigenvalue weighted by atomic mass is 16.2. The van der Waals surface area contributed by atoms with Gasteiger partial charge in [-0.2, -0.15) is 0 Å². The number of para-hydroxylation sites is 2. The van der Waals surface area contributed by atoms with Crippen LogP contribution >= 0.6 is 0 Å². The lowest BCUT2D eigenvalue weighted by molar-refractivity contribution is -0.110. The molecule has 1 aliphatic rings. The number of rotatable bonds is 2. The number of carbonyl (C=O) groups excluding carboxylic acids is 1. The van der Waals surface area contributed by atoms with Crippen LogP contribution in [0.5, 0.6) is 0 Å². The van der Waals surface area contributed by atoms with Crippen molar-refractivity contribution in [1.29, 1.82) is 0 Å². The minimum absolute atomic E-state index is 0.226. The SMILES string of the molecule is O=C1Nc2ccccc2C1=Cc1nc2ccccc2c(=O)n1-c1ccccn1. The van der Waals surface area contributed by atoms with Gasteiger partial charge in [-0.25, -0.2) is 14.5 Å². The van der Waals surface area contributed by atoms with Crippen molar-refractivity contribution in [2.45, 2.75) is 0 Å². The Hall–Kier alpha value is -4.06. The van der Waals surface area contributed by atoms with E-state index in [-0.39, 0.29) is 11.5 Å². The predicted molar refractivity (Wildman–Crippen MR) is 108 cm³/mol. The molecule has 0 saturated heterocycles. The molecule has 0 fully saturated rings. The first kappa shape index (κ1) is 16.1. The van der Waals surface area contributed by atoms with E-state index < -0.39 is 0 Å². The van der Waals surface area contributed by atoms with Crippen molar-refractivity contribution in [3.05, 3.63) is 94.7 Å². The number of nitrogens with one attached hydrogen (secondary N) is 1. The molecule has 0 aliphatic carbocycles. The average molecular weight is 366 g/mol. The molecule has 0 bridgehead atoms. The molecule has 0 saturated carbocycles. The molecule has 2 aromatic carbocycles. The normalized spacial score (nSPS) is 14.3. The van der Waals surface area contributed by atoms with E-state index in [1.807, 2.05) is 30.3 Å². The van der Waals surface area contributed by atoms with Gasteiger partial charge < -0.3 is 5.32 Å². The van der Waals surface area contributed by atoms with Crippen LogP contribution < -0.4 is 10.9 Å². The van der Waals surface area contributed by atoms with Gasteiger partial charge in [0.15, 0.2) is 0 Å². The Kier molecular flexibility index (Phi) is 3.62. The second-order valence-corrected chi connectivity index (χ2v) is 6.37. The number of pyridine rings is 1. The molecule has 1 N–H and O–H groups in total. The summed E-state index contributed by atoms with van der Waals surface area (Å²) < 4.78 is 1.43. The molecule has 6 nitrogen and oxygen atoms in total. The number of benzene rings is 2. The van der Waals surface area contributed by atoms with E-state index in [0.717, 1.165) is 11.3 Å². The fraction of sp³-hybridized carbons (Fsp3) is 0. The Bertz CT molecular complexity index is 1320. The maximum atomic E-state index is 13.2. The van der Waals surface area contributed by atoms with Gasteiger partial charge in [-0.05, 0) is 36.4 Å². The van der Waals surface area contributed by atoms with Gasteiger partial charge >= 0.3 is 0 Å². The number of anilines is 1. The molecule has 28 heavy (non-hydrogen) atoms. The first-order valence-electron chi connectivity index (χ1n) is 8.78. The number of aromatic nitrogens is 3. The van der Waals surface area contributed by atoms with Crippen LogP contribution in [0.25, 0.3) is 28.4 Å². The van der Waals surface area contributed by atoms with Crippen molar-refractivity contribution < 1.29 is 4.79 Å². The molecule has 0 unspecified atom stereocenters. The minimum atomic E-state index is -0.233. The Morgan fingerprint density at radius 1 is 0.893 bits per heavy atom. The summed E-state index contributed by atoms with van der Waals surface area (Å²) in [5.74, 6) is 0.574. The average Bonchev–Trinajstić information content (AvgIpc) is 3.04. The largest absolute Gasteiger partial charge is 0.321 e. The molecular weight excluding hydrogens is 352 g/mol. The van der Waals surface area contributed by atoms with Crippen molar-refractivity contribution in [3.8, 4) is 5.82 Å². The summed E-state index contributed by atoms with van der Waals surface area (Å²) in [5, 5.41) is 3.33. The molecule has 0 atom stereocenters. The predicted octanol–water partition coefficient (Wildman–Crippen LogP) is 3.27. The first-order valence-corrected chi connectivity index (χ1v) is 8.78. The summed E-state index contributed by atoms with van der Waals surface area (Å²) >= 11 is 0. The van der Waals surface area contributed by atoms with E-state index in [1.165, 1.54) is 4.57 Å².